The van der Waals surface area contributed by atoms with Crippen LogP contribution in [0.25, 0.3) is 0 Å². The number of ether oxygens (including phenoxy) is 6. The average Bonchev–Trinajstić information content (AvgIpc) is 2.87. The van der Waals surface area contributed by atoms with E-state index >= 15 is 0 Å². The van der Waals surface area contributed by atoms with E-state index in [2.05, 4.69) is 0 Å². The second-order valence-electron chi connectivity index (χ2n) is 7.07. The maximum absolute atomic E-state index is 13.5. The van der Waals surface area contributed by atoms with Gasteiger partial charge in [-0.15, -0.1) is 0 Å². The molecule has 0 spiro atoms. The largest absolute Gasteiger partial charge is 0.493 e. The van der Waals surface area contributed by atoms with Crippen molar-refractivity contribution >= 4 is 5.78 Å². The lowest BCUT2D eigenvalue weighted by Gasteiger charge is -2.19. The highest BCUT2D eigenvalue weighted by Gasteiger charge is 2.24. The summed E-state index contributed by atoms with van der Waals surface area (Å²) in [6.45, 7) is 0.394. The van der Waals surface area contributed by atoms with Gasteiger partial charge < -0.3 is 28.4 Å². The van der Waals surface area contributed by atoms with Crippen molar-refractivity contribution < 1.29 is 33.2 Å². The lowest BCUT2D eigenvalue weighted by Crippen LogP contribution is -2.13. The van der Waals surface area contributed by atoms with Crippen LogP contribution in [-0.2, 0) is 16.1 Å². The van der Waals surface area contributed by atoms with Gasteiger partial charge in [-0.25, -0.2) is 0 Å². The van der Waals surface area contributed by atoms with Crippen molar-refractivity contribution in [1.82, 2.24) is 0 Å². The van der Waals surface area contributed by atoms with E-state index in [1.807, 2.05) is 30.3 Å². The molecule has 0 aromatic heterocycles. The second-order valence-corrected chi connectivity index (χ2v) is 7.07. The van der Waals surface area contributed by atoms with E-state index in [0.29, 0.717) is 46.3 Å². The van der Waals surface area contributed by atoms with E-state index in [9.17, 15) is 4.79 Å². The fourth-order valence-corrected chi connectivity index (χ4v) is 3.49. The molecule has 0 aliphatic rings. The predicted molar refractivity (Wildman–Crippen MR) is 124 cm³/mol. The number of methoxy groups -OCH3 is 5. The molecule has 0 unspecified atom stereocenters. The van der Waals surface area contributed by atoms with Crippen molar-refractivity contribution in [3.05, 3.63) is 82.9 Å². The van der Waals surface area contributed by atoms with Crippen LogP contribution in [0.3, 0.4) is 0 Å². The molecule has 0 saturated heterocycles. The first-order valence-corrected chi connectivity index (χ1v) is 10.3. The molecule has 3 rings (SSSR count). The minimum Gasteiger partial charge on any atom is -0.493 e. The lowest BCUT2D eigenvalue weighted by atomic mass is 9.97. The molecule has 0 N–H and O–H groups in total. The van der Waals surface area contributed by atoms with Crippen molar-refractivity contribution in [2.45, 2.75) is 12.9 Å². The van der Waals surface area contributed by atoms with Gasteiger partial charge in [0, 0.05) is 30.9 Å². The fraction of sp³-hybridized carbons (Fsp3) is 0.269. The van der Waals surface area contributed by atoms with E-state index < -0.39 is 6.29 Å². The summed E-state index contributed by atoms with van der Waals surface area (Å²) in [4.78, 5) is 13.5. The van der Waals surface area contributed by atoms with Crippen LogP contribution in [0.4, 0.5) is 0 Å². The predicted octanol–water partition coefficient (Wildman–Crippen LogP) is 4.81. The fourth-order valence-electron chi connectivity index (χ4n) is 3.49. The minimum absolute atomic E-state index is 0.252. The van der Waals surface area contributed by atoms with Crippen LogP contribution in [0.15, 0.2) is 60.7 Å². The van der Waals surface area contributed by atoms with Gasteiger partial charge in [0.2, 0.25) is 5.75 Å². The molecule has 3 aromatic carbocycles. The average molecular weight is 453 g/mol. The van der Waals surface area contributed by atoms with Crippen LogP contribution in [0.5, 0.6) is 23.0 Å². The Kier molecular flexibility index (Phi) is 8.29. The molecule has 0 saturated carbocycles. The zero-order valence-corrected chi connectivity index (χ0v) is 19.4. The molecule has 0 bridgehead atoms. The summed E-state index contributed by atoms with van der Waals surface area (Å²) in [5.74, 6) is 1.53. The molecule has 0 aliphatic heterocycles. The van der Waals surface area contributed by atoms with Crippen molar-refractivity contribution in [3.8, 4) is 23.0 Å². The molecule has 3 aromatic rings. The highest BCUT2D eigenvalue weighted by Crippen LogP contribution is 2.39. The quantitative estimate of drug-likeness (QED) is 0.305. The molecule has 33 heavy (non-hydrogen) atoms. The Morgan fingerprint density at radius 2 is 1.42 bits per heavy atom. The van der Waals surface area contributed by atoms with Crippen LogP contribution < -0.4 is 18.9 Å². The molecule has 7 nitrogen and oxygen atoms in total. The zero-order chi connectivity index (χ0) is 23.8. The van der Waals surface area contributed by atoms with Gasteiger partial charge in [0.05, 0.1) is 21.3 Å². The van der Waals surface area contributed by atoms with E-state index in [0.717, 1.165) is 5.56 Å². The third-order valence-corrected chi connectivity index (χ3v) is 5.12. The highest BCUT2D eigenvalue weighted by molar-refractivity contribution is 6.10. The number of benzene rings is 3. The third-order valence-electron chi connectivity index (χ3n) is 5.12. The van der Waals surface area contributed by atoms with E-state index in [4.69, 9.17) is 28.4 Å². The summed E-state index contributed by atoms with van der Waals surface area (Å²) < 4.78 is 33.0. The van der Waals surface area contributed by atoms with Crippen LogP contribution in [0.2, 0.25) is 0 Å². The molecule has 0 atom stereocenters. The SMILES string of the molecule is COc1cc(C(=O)c2ccc(OCc3ccccc3)cc2C(OC)OC)cc(OC)c1OC. The van der Waals surface area contributed by atoms with E-state index in [1.54, 1.807) is 30.3 Å². The second kappa shape index (κ2) is 11.4. The maximum Gasteiger partial charge on any atom is 0.203 e. The van der Waals surface area contributed by atoms with Gasteiger partial charge in [-0.1, -0.05) is 30.3 Å². The first-order valence-electron chi connectivity index (χ1n) is 10.3. The Morgan fingerprint density at radius 3 is 1.97 bits per heavy atom. The maximum atomic E-state index is 13.5. The van der Waals surface area contributed by atoms with Gasteiger partial charge >= 0.3 is 0 Å². The summed E-state index contributed by atoms with van der Waals surface area (Å²) in [6, 6.07) is 18.3. The summed E-state index contributed by atoms with van der Waals surface area (Å²) in [5.41, 5.74) is 2.36. The first-order chi connectivity index (χ1) is 16.1. The third kappa shape index (κ3) is 5.45. The smallest absolute Gasteiger partial charge is 0.203 e. The molecule has 0 aliphatic carbocycles. The molecular formula is C26H28O7. The monoisotopic (exact) mass is 452 g/mol. The summed E-state index contributed by atoms with van der Waals surface area (Å²) in [5, 5.41) is 0. The van der Waals surface area contributed by atoms with Crippen LogP contribution in [0.1, 0.15) is 33.3 Å². The lowest BCUT2D eigenvalue weighted by molar-refractivity contribution is -0.106. The van der Waals surface area contributed by atoms with Gasteiger partial charge in [0.25, 0.3) is 0 Å². The van der Waals surface area contributed by atoms with Crippen molar-refractivity contribution in [2.24, 2.45) is 0 Å². The van der Waals surface area contributed by atoms with Crippen LogP contribution in [0, 0.1) is 0 Å². The summed E-state index contributed by atoms with van der Waals surface area (Å²) >= 11 is 0. The van der Waals surface area contributed by atoms with Crippen molar-refractivity contribution in [2.75, 3.05) is 35.5 Å². The number of hydrogen-bond acceptors (Lipinski definition) is 7. The Labute approximate surface area is 193 Å². The first kappa shape index (κ1) is 24.1. The molecule has 0 heterocycles. The van der Waals surface area contributed by atoms with Crippen LogP contribution >= 0.6 is 0 Å². The van der Waals surface area contributed by atoms with E-state index in [-0.39, 0.29) is 5.78 Å². The number of carbonyl (C=O) groups is 1. The number of rotatable bonds is 11. The highest BCUT2D eigenvalue weighted by atomic mass is 16.7. The summed E-state index contributed by atoms with van der Waals surface area (Å²) in [6.07, 6.45) is -0.758. The molecule has 174 valence electrons. The minimum atomic E-state index is -0.758. The molecule has 0 fully saturated rings. The van der Waals surface area contributed by atoms with Gasteiger partial charge in [-0.2, -0.15) is 0 Å². The Morgan fingerprint density at radius 1 is 0.788 bits per heavy atom. The van der Waals surface area contributed by atoms with Gasteiger partial charge in [0.1, 0.15) is 12.4 Å². The van der Waals surface area contributed by atoms with Crippen LogP contribution in [-0.4, -0.2) is 41.3 Å². The Balaban J connectivity index is 1.99. The summed E-state index contributed by atoms with van der Waals surface area (Å²) in [7, 11) is 7.54. The number of carbonyl (C=O) groups excluding carboxylic acids is 1. The molecule has 0 radical (unpaired) electrons. The standard InChI is InChI=1S/C26H28O7/c1-28-22-13-18(14-23(29-2)25(22)30-3)24(27)20-12-11-19(15-21(20)26(31-4)32-5)33-16-17-9-7-6-8-10-17/h6-15,26H,16H2,1-5H3. The number of ketones is 1. The Bertz CT molecular complexity index is 1050. The van der Waals surface area contributed by atoms with Gasteiger partial charge in [-0.3, -0.25) is 4.79 Å². The van der Waals surface area contributed by atoms with Crippen molar-refractivity contribution in [1.29, 1.82) is 0 Å². The molecule has 7 heteroatoms. The topological polar surface area (TPSA) is 72.5 Å². The zero-order valence-electron chi connectivity index (χ0n) is 19.4. The molecular weight excluding hydrogens is 424 g/mol. The number of hydrogen-bond donors (Lipinski definition) is 0. The van der Waals surface area contributed by atoms with E-state index in [1.165, 1.54) is 35.5 Å². The van der Waals surface area contributed by atoms with Gasteiger partial charge in [-0.05, 0) is 35.9 Å². The molecule has 0 amide bonds. The van der Waals surface area contributed by atoms with Crippen molar-refractivity contribution in [3.63, 3.8) is 0 Å². The normalized spacial score (nSPS) is 10.7. The Hall–Kier alpha value is -3.55. The van der Waals surface area contributed by atoms with Gasteiger partial charge in [0.15, 0.2) is 23.6 Å².